The third kappa shape index (κ3) is 2.92. The van der Waals surface area contributed by atoms with Crippen molar-refractivity contribution in [2.24, 2.45) is 0 Å². The number of aliphatic carboxylic acids is 1. The van der Waals surface area contributed by atoms with Crippen LogP contribution in [0.1, 0.15) is 11.5 Å². The first-order chi connectivity index (χ1) is 10.1. The summed E-state index contributed by atoms with van der Waals surface area (Å²) in [5.41, 5.74) is 1.86. The van der Waals surface area contributed by atoms with Crippen molar-refractivity contribution in [3.05, 3.63) is 35.7 Å². The normalized spacial score (nSPS) is 11.1. The Morgan fingerprint density at radius 3 is 2.95 bits per heavy atom. The minimum atomic E-state index is -1.05. The first kappa shape index (κ1) is 13.3. The molecule has 0 aliphatic rings. The van der Waals surface area contributed by atoms with Crippen molar-refractivity contribution in [1.29, 1.82) is 0 Å². The van der Waals surface area contributed by atoms with Crippen LogP contribution in [0, 0.1) is 6.92 Å². The number of ether oxygens (including phenoxy) is 1. The number of furan rings is 1. The van der Waals surface area contributed by atoms with Gasteiger partial charge in [0.1, 0.15) is 18.8 Å². The van der Waals surface area contributed by atoms with Crippen LogP contribution >= 0.6 is 0 Å². The molecule has 1 aromatic carbocycles. The topological polar surface area (TPSA) is 98.6 Å². The molecule has 0 aliphatic carbocycles. The van der Waals surface area contributed by atoms with E-state index in [9.17, 15) is 4.79 Å². The van der Waals surface area contributed by atoms with E-state index in [1.807, 2.05) is 31.2 Å². The molecule has 7 nitrogen and oxygen atoms in total. The lowest BCUT2D eigenvalue weighted by Gasteiger charge is -1.94. The molecule has 108 valence electrons. The molecule has 0 atom stereocenters. The van der Waals surface area contributed by atoms with Crippen LogP contribution in [0.25, 0.3) is 22.6 Å². The molecular weight excluding hydrogens is 276 g/mol. The van der Waals surface area contributed by atoms with Crippen molar-refractivity contribution in [2.75, 3.05) is 6.61 Å². The summed E-state index contributed by atoms with van der Waals surface area (Å²) in [7, 11) is 0. The second-order valence-corrected chi connectivity index (χ2v) is 4.54. The lowest BCUT2D eigenvalue weighted by Crippen LogP contribution is -2.06. The summed E-state index contributed by atoms with van der Waals surface area (Å²) in [5, 5.41) is 17.1. The molecule has 0 amide bonds. The van der Waals surface area contributed by atoms with Gasteiger partial charge in [0, 0.05) is 5.39 Å². The van der Waals surface area contributed by atoms with E-state index >= 15 is 0 Å². The number of carboxylic acids is 1. The highest BCUT2D eigenvalue weighted by molar-refractivity contribution is 5.82. The lowest BCUT2D eigenvalue weighted by molar-refractivity contribution is -0.142. The summed E-state index contributed by atoms with van der Waals surface area (Å²) in [6, 6.07) is 7.64. The molecule has 0 bridgehead atoms. The van der Waals surface area contributed by atoms with E-state index in [2.05, 4.69) is 10.2 Å². The first-order valence-corrected chi connectivity index (χ1v) is 6.24. The maximum absolute atomic E-state index is 10.3. The number of nitrogens with zero attached hydrogens (tertiary/aromatic N) is 2. The molecule has 0 aliphatic heterocycles. The Labute approximate surface area is 119 Å². The summed E-state index contributed by atoms with van der Waals surface area (Å²) < 4.78 is 15.9. The van der Waals surface area contributed by atoms with Gasteiger partial charge in [0.05, 0.1) is 0 Å². The molecule has 3 aromatic rings. The smallest absolute Gasteiger partial charge is 0.329 e. The fraction of sp³-hybridized carbons (Fsp3) is 0.214. The second-order valence-electron chi connectivity index (χ2n) is 4.54. The van der Waals surface area contributed by atoms with Crippen molar-refractivity contribution in [3.8, 4) is 11.7 Å². The van der Waals surface area contributed by atoms with Crippen LogP contribution in [-0.4, -0.2) is 27.9 Å². The number of rotatable bonds is 5. The minimum absolute atomic E-state index is 0.0569. The molecule has 0 saturated carbocycles. The van der Waals surface area contributed by atoms with E-state index < -0.39 is 12.6 Å². The average molecular weight is 288 g/mol. The van der Waals surface area contributed by atoms with E-state index in [1.165, 1.54) is 0 Å². The van der Waals surface area contributed by atoms with Crippen molar-refractivity contribution < 1.29 is 23.5 Å². The van der Waals surface area contributed by atoms with Crippen molar-refractivity contribution in [2.45, 2.75) is 13.5 Å². The Hall–Kier alpha value is -2.67. The number of hydrogen-bond donors (Lipinski definition) is 1. The predicted molar refractivity (Wildman–Crippen MR) is 71.5 cm³/mol. The number of fused-ring (bicyclic) bond motifs is 1. The molecule has 2 heterocycles. The third-order valence-electron chi connectivity index (χ3n) is 2.80. The van der Waals surface area contributed by atoms with Crippen LogP contribution < -0.4 is 0 Å². The zero-order valence-corrected chi connectivity index (χ0v) is 11.2. The number of aromatic nitrogens is 2. The summed E-state index contributed by atoms with van der Waals surface area (Å²) in [4.78, 5) is 10.3. The van der Waals surface area contributed by atoms with Gasteiger partial charge in [-0.15, -0.1) is 10.2 Å². The zero-order chi connectivity index (χ0) is 14.8. The van der Waals surface area contributed by atoms with Crippen LogP contribution in [-0.2, 0) is 16.1 Å². The molecule has 0 fully saturated rings. The van der Waals surface area contributed by atoms with Gasteiger partial charge < -0.3 is 18.7 Å². The Kier molecular flexibility index (Phi) is 3.41. The fourth-order valence-electron chi connectivity index (χ4n) is 1.91. The fourth-order valence-corrected chi connectivity index (χ4v) is 1.91. The SMILES string of the molecule is Cc1ccc2oc(-c3nnc(COCC(=O)O)o3)cc2c1. The second kappa shape index (κ2) is 5.37. The Morgan fingerprint density at radius 1 is 1.29 bits per heavy atom. The van der Waals surface area contributed by atoms with Gasteiger partial charge in [0.15, 0.2) is 5.76 Å². The van der Waals surface area contributed by atoms with E-state index in [0.29, 0.717) is 5.76 Å². The standard InChI is InChI=1S/C14H12N2O5/c1-8-2-3-10-9(4-8)5-11(20-10)14-16-15-12(21-14)6-19-7-13(17)18/h2-5H,6-7H2,1H3,(H,17,18). The lowest BCUT2D eigenvalue weighted by atomic mass is 10.2. The van der Waals surface area contributed by atoms with Gasteiger partial charge in [0.25, 0.3) is 5.89 Å². The molecule has 7 heteroatoms. The Morgan fingerprint density at radius 2 is 2.14 bits per heavy atom. The van der Waals surface area contributed by atoms with Gasteiger partial charge in [-0.2, -0.15) is 0 Å². The molecule has 0 radical (unpaired) electrons. The molecule has 21 heavy (non-hydrogen) atoms. The molecule has 3 rings (SSSR count). The van der Waals surface area contributed by atoms with Crippen LogP contribution in [0.3, 0.4) is 0 Å². The van der Waals surface area contributed by atoms with Crippen LogP contribution in [0.4, 0.5) is 0 Å². The molecule has 1 N–H and O–H groups in total. The number of carboxylic acid groups (broad SMARTS) is 1. The van der Waals surface area contributed by atoms with Crippen molar-refractivity contribution >= 4 is 16.9 Å². The van der Waals surface area contributed by atoms with Gasteiger partial charge in [-0.1, -0.05) is 11.6 Å². The van der Waals surface area contributed by atoms with Crippen LogP contribution in [0.2, 0.25) is 0 Å². The quantitative estimate of drug-likeness (QED) is 0.769. The van der Waals surface area contributed by atoms with E-state index in [-0.39, 0.29) is 18.4 Å². The predicted octanol–water partition coefficient (Wildman–Crippen LogP) is 2.39. The van der Waals surface area contributed by atoms with E-state index in [4.69, 9.17) is 18.7 Å². The molecule has 0 spiro atoms. The number of hydrogen-bond acceptors (Lipinski definition) is 6. The molecule has 0 saturated heterocycles. The molecule has 0 unspecified atom stereocenters. The van der Waals surface area contributed by atoms with Crippen molar-refractivity contribution in [1.82, 2.24) is 10.2 Å². The van der Waals surface area contributed by atoms with E-state index in [0.717, 1.165) is 16.5 Å². The number of benzene rings is 1. The average Bonchev–Trinajstić information content (AvgIpc) is 3.03. The summed E-state index contributed by atoms with van der Waals surface area (Å²) >= 11 is 0. The van der Waals surface area contributed by atoms with Gasteiger partial charge in [0.2, 0.25) is 5.89 Å². The van der Waals surface area contributed by atoms with Gasteiger partial charge in [-0.05, 0) is 25.1 Å². The summed E-state index contributed by atoms with van der Waals surface area (Å²) in [6.45, 7) is 1.52. The minimum Gasteiger partial charge on any atom is -0.480 e. The van der Waals surface area contributed by atoms with Crippen LogP contribution in [0.15, 0.2) is 33.1 Å². The zero-order valence-electron chi connectivity index (χ0n) is 11.2. The number of carbonyl (C=O) groups is 1. The van der Waals surface area contributed by atoms with Gasteiger partial charge >= 0.3 is 5.97 Å². The summed E-state index contributed by atoms with van der Waals surface area (Å²) in [5.74, 6) is -0.157. The maximum atomic E-state index is 10.3. The summed E-state index contributed by atoms with van der Waals surface area (Å²) in [6.07, 6.45) is 0. The highest BCUT2D eigenvalue weighted by atomic mass is 16.5. The maximum Gasteiger partial charge on any atom is 0.329 e. The van der Waals surface area contributed by atoms with E-state index in [1.54, 1.807) is 0 Å². The Bertz CT molecular complexity index is 790. The largest absolute Gasteiger partial charge is 0.480 e. The Balaban J connectivity index is 1.79. The monoisotopic (exact) mass is 288 g/mol. The molecular formula is C14H12N2O5. The first-order valence-electron chi connectivity index (χ1n) is 6.24. The molecule has 2 aromatic heterocycles. The van der Waals surface area contributed by atoms with Gasteiger partial charge in [-0.3, -0.25) is 0 Å². The number of aryl methyl sites for hydroxylation is 1. The third-order valence-corrected chi connectivity index (χ3v) is 2.80. The van der Waals surface area contributed by atoms with Crippen LogP contribution in [0.5, 0.6) is 0 Å². The highest BCUT2D eigenvalue weighted by Gasteiger charge is 2.14. The highest BCUT2D eigenvalue weighted by Crippen LogP contribution is 2.27. The van der Waals surface area contributed by atoms with Crippen molar-refractivity contribution in [3.63, 3.8) is 0 Å². The van der Waals surface area contributed by atoms with Gasteiger partial charge in [-0.25, -0.2) is 4.79 Å².